The summed E-state index contributed by atoms with van der Waals surface area (Å²) < 4.78 is 1.36. The second kappa shape index (κ2) is 1.48. The van der Waals surface area contributed by atoms with Crippen molar-refractivity contribution in [1.82, 2.24) is 25.3 Å². The summed E-state index contributed by atoms with van der Waals surface area (Å²) in [4.78, 5) is 0. The highest BCUT2D eigenvalue weighted by Gasteiger charge is 1.90. The molecule has 0 aromatic carbocycles. The van der Waals surface area contributed by atoms with Crippen molar-refractivity contribution in [2.75, 3.05) is 0 Å². The van der Waals surface area contributed by atoms with E-state index in [0.29, 0.717) is 5.65 Å². The molecule has 0 saturated heterocycles. The molecule has 0 N–H and O–H groups in total. The molecule has 5 heteroatoms. The summed E-state index contributed by atoms with van der Waals surface area (Å²) in [5, 5.41) is 14.4. The molecule has 2 heterocycles. The maximum Gasteiger partial charge on any atom is 0.199 e. The van der Waals surface area contributed by atoms with Crippen molar-refractivity contribution in [3.8, 4) is 0 Å². The number of tetrazole rings is 1. The molecular formula is C4H3N5. The number of fused-ring (bicyclic) bond motifs is 1. The SMILES string of the molecule is c1cnn2nnnc2c1. The van der Waals surface area contributed by atoms with Gasteiger partial charge in [-0.1, -0.05) is 0 Å². The van der Waals surface area contributed by atoms with E-state index in [1.165, 1.54) is 4.63 Å². The number of nitrogens with zero attached hydrogens (tertiary/aromatic N) is 5. The molecule has 9 heavy (non-hydrogen) atoms. The van der Waals surface area contributed by atoms with Gasteiger partial charge in [-0.3, -0.25) is 0 Å². The lowest BCUT2D eigenvalue weighted by molar-refractivity contribution is 0.733. The second-order valence-electron chi connectivity index (χ2n) is 1.55. The maximum absolute atomic E-state index is 3.82. The van der Waals surface area contributed by atoms with Gasteiger partial charge in [-0.25, -0.2) is 0 Å². The van der Waals surface area contributed by atoms with Gasteiger partial charge in [-0.2, -0.15) is 5.10 Å². The van der Waals surface area contributed by atoms with Crippen LogP contribution >= 0.6 is 0 Å². The van der Waals surface area contributed by atoms with Crippen LogP contribution in [0.2, 0.25) is 0 Å². The summed E-state index contributed by atoms with van der Waals surface area (Å²) in [5.74, 6) is 0. The van der Waals surface area contributed by atoms with E-state index >= 15 is 0 Å². The fraction of sp³-hybridized carbons (Fsp3) is 0. The van der Waals surface area contributed by atoms with Crippen molar-refractivity contribution in [3.63, 3.8) is 0 Å². The normalized spacial score (nSPS) is 10.2. The van der Waals surface area contributed by atoms with Crippen molar-refractivity contribution in [2.24, 2.45) is 0 Å². The van der Waals surface area contributed by atoms with Crippen molar-refractivity contribution in [1.29, 1.82) is 0 Å². The minimum atomic E-state index is 0.664. The molecule has 0 aliphatic heterocycles. The van der Waals surface area contributed by atoms with Gasteiger partial charge in [0.15, 0.2) is 5.65 Å². The van der Waals surface area contributed by atoms with E-state index in [1.807, 2.05) is 0 Å². The highest BCUT2D eigenvalue weighted by atomic mass is 15.6. The van der Waals surface area contributed by atoms with Gasteiger partial charge in [0.2, 0.25) is 0 Å². The van der Waals surface area contributed by atoms with E-state index in [9.17, 15) is 0 Å². The Labute approximate surface area is 50.3 Å². The van der Waals surface area contributed by atoms with Gasteiger partial charge < -0.3 is 0 Å². The Morgan fingerprint density at radius 2 is 2.44 bits per heavy atom. The minimum absolute atomic E-state index is 0.664. The molecule has 0 spiro atoms. The maximum atomic E-state index is 3.82. The van der Waals surface area contributed by atoms with Gasteiger partial charge >= 0.3 is 0 Å². The topological polar surface area (TPSA) is 56.0 Å². The van der Waals surface area contributed by atoms with Crippen molar-refractivity contribution >= 4 is 5.65 Å². The molecule has 2 aromatic heterocycles. The van der Waals surface area contributed by atoms with E-state index in [-0.39, 0.29) is 0 Å². The van der Waals surface area contributed by atoms with Crippen molar-refractivity contribution in [3.05, 3.63) is 18.3 Å². The lowest BCUT2D eigenvalue weighted by Gasteiger charge is -1.81. The first-order chi connectivity index (χ1) is 4.47. The van der Waals surface area contributed by atoms with Gasteiger partial charge in [0.05, 0.1) is 0 Å². The molecule has 0 bridgehead atoms. The number of hydrogen-bond donors (Lipinski definition) is 0. The standard InChI is InChI=1S/C4H3N5/c1-2-4-6-7-8-9(4)5-3-1/h1-3H. The van der Waals surface area contributed by atoms with Crippen LogP contribution in [-0.4, -0.2) is 25.3 Å². The summed E-state index contributed by atoms with van der Waals surface area (Å²) >= 11 is 0. The van der Waals surface area contributed by atoms with Crippen molar-refractivity contribution in [2.45, 2.75) is 0 Å². The average Bonchev–Trinajstić information content (AvgIpc) is 2.33. The predicted molar refractivity (Wildman–Crippen MR) is 28.6 cm³/mol. The Kier molecular flexibility index (Phi) is 0.717. The Morgan fingerprint density at radius 1 is 1.44 bits per heavy atom. The smallest absolute Gasteiger partial charge is 0.155 e. The van der Waals surface area contributed by atoms with Crippen LogP contribution in [0.4, 0.5) is 0 Å². The Bertz CT molecular complexity index is 283. The van der Waals surface area contributed by atoms with Gasteiger partial charge in [0.1, 0.15) is 0 Å². The predicted octanol–water partition coefficient (Wildman–Crippen LogP) is -0.481. The van der Waals surface area contributed by atoms with Gasteiger partial charge in [0, 0.05) is 6.20 Å². The Balaban J connectivity index is 2.95. The van der Waals surface area contributed by atoms with Crippen LogP contribution in [0.5, 0.6) is 0 Å². The molecule has 2 aromatic rings. The van der Waals surface area contributed by atoms with Gasteiger partial charge in [-0.05, 0) is 22.6 Å². The van der Waals surface area contributed by atoms with E-state index in [4.69, 9.17) is 0 Å². The van der Waals surface area contributed by atoms with E-state index < -0.39 is 0 Å². The van der Waals surface area contributed by atoms with Crippen LogP contribution in [0.1, 0.15) is 0 Å². The molecule has 5 nitrogen and oxygen atoms in total. The highest BCUT2D eigenvalue weighted by Crippen LogP contribution is 1.87. The first-order valence-corrected chi connectivity index (χ1v) is 2.46. The number of hydrogen-bond acceptors (Lipinski definition) is 4. The number of rotatable bonds is 0. The van der Waals surface area contributed by atoms with E-state index in [0.717, 1.165) is 0 Å². The zero-order valence-electron chi connectivity index (χ0n) is 4.47. The zero-order valence-corrected chi connectivity index (χ0v) is 4.47. The van der Waals surface area contributed by atoms with Gasteiger partial charge in [0.25, 0.3) is 0 Å². The summed E-state index contributed by atoms with van der Waals surface area (Å²) in [6.07, 6.45) is 1.63. The Morgan fingerprint density at radius 3 is 3.33 bits per heavy atom. The largest absolute Gasteiger partial charge is 0.199 e. The third-order valence-electron chi connectivity index (χ3n) is 0.984. The summed E-state index contributed by atoms with van der Waals surface area (Å²) in [5.41, 5.74) is 0.664. The molecule has 0 atom stereocenters. The third-order valence-corrected chi connectivity index (χ3v) is 0.984. The van der Waals surface area contributed by atoms with Crippen LogP contribution in [0.15, 0.2) is 18.3 Å². The molecule has 0 aliphatic carbocycles. The summed E-state index contributed by atoms with van der Waals surface area (Å²) in [6, 6.07) is 3.57. The van der Waals surface area contributed by atoms with Crippen LogP contribution in [0, 0.1) is 0 Å². The molecule has 0 fully saturated rings. The molecule has 0 aliphatic rings. The molecule has 0 radical (unpaired) electrons. The lowest BCUT2D eigenvalue weighted by atomic mass is 10.6. The fourth-order valence-corrected chi connectivity index (χ4v) is 0.603. The minimum Gasteiger partial charge on any atom is -0.155 e. The number of aromatic nitrogens is 5. The van der Waals surface area contributed by atoms with Crippen LogP contribution in [0.25, 0.3) is 5.65 Å². The summed E-state index contributed by atoms with van der Waals surface area (Å²) in [6.45, 7) is 0. The quantitative estimate of drug-likeness (QED) is 0.472. The first-order valence-electron chi connectivity index (χ1n) is 2.46. The second-order valence-corrected chi connectivity index (χ2v) is 1.55. The Hall–Kier alpha value is -1.52. The first kappa shape index (κ1) is 4.37. The van der Waals surface area contributed by atoms with E-state index in [1.54, 1.807) is 18.3 Å². The highest BCUT2D eigenvalue weighted by molar-refractivity contribution is 5.30. The molecule has 0 amide bonds. The molecule has 0 unspecified atom stereocenters. The zero-order chi connectivity index (χ0) is 6.10. The summed E-state index contributed by atoms with van der Waals surface area (Å²) in [7, 11) is 0. The van der Waals surface area contributed by atoms with E-state index in [2.05, 4.69) is 20.6 Å². The lowest BCUT2D eigenvalue weighted by Crippen LogP contribution is -1.90. The van der Waals surface area contributed by atoms with Crippen LogP contribution in [-0.2, 0) is 0 Å². The van der Waals surface area contributed by atoms with Gasteiger partial charge in [-0.15, -0.1) is 9.73 Å². The van der Waals surface area contributed by atoms with Crippen LogP contribution < -0.4 is 0 Å². The fourth-order valence-electron chi connectivity index (χ4n) is 0.603. The average molecular weight is 121 g/mol. The monoisotopic (exact) mass is 121 g/mol. The third kappa shape index (κ3) is 0.543. The molecule has 44 valence electrons. The molecule has 2 rings (SSSR count). The van der Waals surface area contributed by atoms with Crippen molar-refractivity contribution < 1.29 is 0 Å². The molecular weight excluding hydrogens is 118 g/mol. The van der Waals surface area contributed by atoms with Crippen LogP contribution in [0.3, 0.4) is 0 Å². The molecule has 0 saturated carbocycles.